The van der Waals surface area contributed by atoms with Gasteiger partial charge in [0, 0.05) is 13.2 Å². The molecular formula is C19H25NO. The number of rotatable bonds is 6. The second kappa shape index (κ2) is 6.17. The number of hydrogen-bond donors (Lipinski definition) is 1. The molecule has 1 N–H and O–H groups in total. The molecule has 112 valence electrons. The smallest absolute Gasteiger partial charge is 0.0693 e. The van der Waals surface area contributed by atoms with Crippen molar-refractivity contribution in [1.82, 2.24) is 5.32 Å². The normalized spacial score (nSPS) is 18.4. The molecule has 3 rings (SSSR count). The van der Waals surface area contributed by atoms with Crippen LogP contribution >= 0.6 is 0 Å². The van der Waals surface area contributed by atoms with Crippen LogP contribution in [0.2, 0.25) is 0 Å². The maximum atomic E-state index is 5.77. The molecule has 1 saturated carbocycles. The van der Waals surface area contributed by atoms with Gasteiger partial charge in [-0.25, -0.2) is 0 Å². The maximum Gasteiger partial charge on any atom is 0.0693 e. The van der Waals surface area contributed by atoms with Crippen LogP contribution in [0.4, 0.5) is 0 Å². The van der Waals surface area contributed by atoms with Gasteiger partial charge in [0.2, 0.25) is 0 Å². The van der Waals surface area contributed by atoms with E-state index >= 15 is 0 Å². The Kier molecular flexibility index (Phi) is 4.27. The lowest BCUT2D eigenvalue weighted by atomic mass is 9.75. The Balaban J connectivity index is 1.72. The van der Waals surface area contributed by atoms with Crippen LogP contribution < -0.4 is 5.32 Å². The fraction of sp³-hybridized carbons (Fsp3) is 0.474. The highest BCUT2D eigenvalue weighted by atomic mass is 16.5. The van der Waals surface area contributed by atoms with E-state index in [1.165, 1.54) is 35.6 Å². The second-order valence-corrected chi connectivity index (χ2v) is 6.32. The third-order valence-electron chi connectivity index (χ3n) is 5.02. The fourth-order valence-electron chi connectivity index (χ4n) is 3.44. The van der Waals surface area contributed by atoms with Gasteiger partial charge in [-0.3, -0.25) is 0 Å². The van der Waals surface area contributed by atoms with Gasteiger partial charge < -0.3 is 10.1 Å². The van der Waals surface area contributed by atoms with Crippen LogP contribution in [0.1, 0.15) is 31.2 Å². The summed E-state index contributed by atoms with van der Waals surface area (Å²) in [4.78, 5) is 0. The number of benzene rings is 2. The van der Waals surface area contributed by atoms with E-state index in [1.54, 1.807) is 0 Å². The number of likely N-dealkylation sites (N-methyl/N-ethyl adjacent to an activating group) is 1. The van der Waals surface area contributed by atoms with Gasteiger partial charge in [0.05, 0.1) is 5.60 Å². The van der Waals surface area contributed by atoms with Crippen molar-refractivity contribution < 1.29 is 4.74 Å². The summed E-state index contributed by atoms with van der Waals surface area (Å²) in [6.07, 6.45) is 5.89. The number of methoxy groups -OCH3 is 1. The summed E-state index contributed by atoms with van der Waals surface area (Å²) < 4.78 is 5.77. The van der Waals surface area contributed by atoms with E-state index in [9.17, 15) is 0 Å². The number of hydrogen-bond acceptors (Lipinski definition) is 2. The molecule has 0 heterocycles. The molecule has 1 aliphatic rings. The first-order valence-corrected chi connectivity index (χ1v) is 7.95. The van der Waals surface area contributed by atoms with Crippen molar-refractivity contribution in [2.75, 3.05) is 14.2 Å². The average Bonchev–Trinajstić information content (AvgIpc) is 2.49. The summed E-state index contributed by atoms with van der Waals surface area (Å²) in [6.45, 7) is 0. The molecule has 0 amide bonds. The minimum Gasteiger partial charge on any atom is -0.378 e. The van der Waals surface area contributed by atoms with Crippen molar-refractivity contribution in [2.24, 2.45) is 0 Å². The summed E-state index contributed by atoms with van der Waals surface area (Å²) in [6, 6.07) is 15.8. The fourth-order valence-corrected chi connectivity index (χ4v) is 3.44. The Bertz CT molecular complexity index is 598. The zero-order chi connectivity index (χ0) is 14.7. The molecule has 2 nitrogen and oxygen atoms in total. The van der Waals surface area contributed by atoms with Crippen LogP contribution in [-0.2, 0) is 11.2 Å². The van der Waals surface area contributed by atoms with Crippen LogP contribution in [0, 0.1) is 0 Å². The monoisotopic (exact) mass is 283 g/mol. The number of ether oxygens (including phenoxy) is 1. The van der Waals surface area contributed by atoms with E-state index in [4.69, 9.17) is 4.74 Å². The van der Waals surface area contributed by atoms with Crippen molar-refractivity contribution >= 4 is 10.8 Å². The molecule has 0 aliphatic heterocycles. The molecule has 0 aromatic heterocycles. The maximum absolute atomic E-state index is 5.77. The Hall–Kier alpha value is -1.38. The lowest BCUT2D eigenvalue weighted by Crippen LogP contribution is -2.45. The molecule has 2 aromatic rings. The third-order valence-corrected chi connectivity index (χ3v) is 5.02. The first-order chi connectivity index (χ1) is 10.2. The second-order valence-electron chi connectivity index (χ2n) is 6.32. The minimum atomic E-state index is 0.129. The molecule has 0 spiro atoms. The van der Waals surface area contributed by atoms with Gasteiger partial charge in [-0.1, -0.05) is 42.5 Å². The Labute approximate surface area is 127 Å². The van der Waals surface area contributed by atoms with E-state index in [2.05, 4.69) is 54.8 Å². The van der Waals surface area contributed by atoms with Gasteiger partial charge in [0.25, 0.3) is 0 Å². The zero-order valence-electron chi connectivity index (χ0n) is 13.1. The molecule has 0 saturated heterocycles. The molecule has 1 atom stereocenters. The zero-order valence-corrected chi connectivity index (χ0v) is 13.1. The standard InChI is InChI=1S/C19H25NO/c1-20-18(14-19(21-2)10-5-11-19)13-15-8-9-16-6-3-4-7-17(16)12-15/h3-4,6-9,12,18,20H,5,10-11,13-14H2,1-2H3. The molecule has 0 bridgehead atoms. The number of fused-ring (bicyclic) bond motifs is 1. The van der Waals surface area contributed by atoms with Crippen LogP contribution in [-0.4, -0.2) is 25.8 Å². The first-order valence-electron chi connectivity index (χ1n) is 7.95. The van der Waals surface area contributed by atoms with E-state index in [1.807, 2.05) is 7.11 Å². The lowest BCUT2D eigenvalue weighted by molar-refractivity contribution is -0.0830. The van der Waals surface area contributed by atoms with Gasteiger partial charge >= 0.3 is 0 Å². The highest BCUT2D eigenvalue weighted by molar-refractivity contribution is 5.82. The molecular weight excluding hydrogens is 258 g/mol. The van der Waals surface area contributed by atoms with Crippen molar-refractivity contribution in [3.63, 3.8) is 0 Å². The molecule has 21 heavy (non-hydrogen) atoms. The Morgan fingerprint density at radius 3 is 2.52 bits per heavy atom. The Morgan fingerprint density at radius 2 is 1.90 bits per heavy atom. The highest BCUT2D eigenvalue weighted by Crippen LogP contribution is 2.39. The van der Waals surface area contributed by atoms with E-state index < -0.39 is 0 Å². The van der Waals surface area contributed by atoms with Gasteiger partial charge in [0.1, 0.15) is 0 Å². The van der Waals surface area contributed by atoms with Gasteiger partial charge in [0.15, 0.2) is 0 Å². The third kappa shape index (κ3) is 3.12. The van der Waals surface area contributed by atoms with Crippen molar-refractivity contribution in [1.29, 1.82) is 0 Å². The van der Waals surface area contributed by atoms with Crippen LogP contribution in [0.3, 0.4) is 0 Å². The quantitative estimate of drug-likeness (QED) is 0.867. The summed E-state index contributed by atoms with van der Waals surface area (Å²) in [7, 11) is 3.93. The molecule has 1 unspecified atom stereocenters. The molecule has 2 aromatic carbocycles. The van der Waals surface area contributed by atoms with Crippen LogP contribution in [0.25, 0.3) is 10.8 Å². The minimum absolute atomic E-state index is 0.129. The van der Waals surface area contributed by atoms with Gasteiger partial charge in [-0.15, -0.1) is 0 Å². The van der Waals surface area contributed by atoms with Crippen molar-refractivity contribution in [2.45, 2.75) is 43.7 Å². The summed E-state index contributed by atoms with van der Waals surface area (Å²) in [5, 5.41) is 6.12. The molecule has 1 fully saturated rings. The lowest BCUT2D eigenvalue weighted by Gasteiger charge is -2.42. The first kappa shape index (κ1) is 14.6. The Morgan fingerprint density at radius 1 is 1.14 bits per heavy atom. The van der Waals surface area contributed by atoms with Crippen LogP contribution in [0.15, 0.2) is 42.5 Å². The number of nitrogens with one attached hydrogen (secondary N) is 1. The van der Waals surface area contributed by atoms with Gasteiger partial charge in [-0.05, 0) is 55.5 Å². The predicted molar refractivity (Wildman–Crippen MR) is 88.7 cm³/mol. The summed E-state index contributed by atoms with van der Waals surface area (Å²) >= 11 is 0. The average molecular weight is 283 g/mol. The van der Waals surface area contributed by atoms with Crippen molar-refractivity contribution in [3.05, 3.63) is 48.0 Å². The largest absolute Gasteiger partial charge is 0.378 e. The topological polar surface area (TPSA) is 21.3 Å². The van der Waals surface area contributed by atoms with Crippen LogP contribution in [0.5, 0.6) is 0 Å². The van der Waals surface area contributed by atoms with E-state index in [-0.39, 0.29) is 5.60 Å². The summed E-state index contributed by atoms with van der Waals surface area (Å²) in [5.41, 5.74) is 1.53. The predicted octanol–water partition coefficient (Wildman–Crippen LogP) is 3.93. The molecule has 2 heteroatoms. The summed E-state index contributed by atoms with van der Waals surface area (Å²) in [5.74, 6) is 0. The highest BCUT2D eigenvalue weighted by Gasteiger charge is 2.38. The van der Waals surface area contributed by atoms with E-state index in [0.717, 1.165) is 12.8 Å². The molecule has 0 radical (unpaired) electrons. The molecule has 1 aliphatic carbocycles. The van der Waals surface area contributed by atoms with Crippen molar-refractivity contribution in [3.8, 4) is 0 Å². The van der Waals surface area contributed by atoms with Gasteiger partial charge in [-0.2, -0.15) is 0 Å². The SMILES string of the molecule is CNC(Cc1ccc2ccccc2c1)CC1(OC)CCC1. The van der Waals surface area contributed by atoms with E-state index in [0.29, 0.717) is 6.04 Å².